The maximum absolute atomic E-state index is 14.5. The van der Waals surface area contributed by atoms with Gasteiger partial charge in [0.2, 0.25) is 11.8 Å². The van der Waals surface area contributed by atoms with Crippen LogP contribution in [0.5, 0.6) is 0 Å². The third-order valence-electron chi connectivity index (χ3n) is 7.32. The van der Waals surface area contributed by atoms with E-state index < -0.39 is 28.5 Å². The quantitative estimate of drug-likeness (QED) is 0.187. The van der Waals surface area contributed by atoms with Gasteiger partial charge in [0, 0.05) is 29.6 Å². The fourth-order valence-electron chi connectivity index (χ4n) is 4.87. The summed E-state index contributed by atoms with van der Waals surface area (Å²) in [6.07, 6.45) is 0.212. The first kappa shape index (κ1) is 33.1. The van der Waals surface area contributed by atoms with E-state index in [2.05, 4.69) is 5.32 Å². The largest absolute Gasteiger partial charge is 0.355 e. The van der Waals surface area contributed by atoms with Crippen LogP contribution in [0.1, 0.15) is 29.2 Å². The van der Waals surface area contributed by atoms with E-state index in [-0.39, 0.29) is 29.5 Å². The molecule has 1 atom stereocenters. The Bertz CT molecular complexity index is 1710. The van der Waals surface area contributed by atoms with E-state index in [4.69, 9.17) is 23.2 Å². The molecule has 0 saturated carbocycles. The molecule has 4 rings (SSSR count). The molecule has 0 aliphatic carbocycles. The first-order valence-electron chi connectivity index (χ1n) is 14.2. The van der Waals surface area contributed by atoms with Crippen LogP contribution >= 0.6 is 23.2 Å². The third-order valence-corrected chi connectivity index (χ3v) is 9.87. The zero-order chi connectivity index (χ0) is 31.9. The number of nitrogens with zero attached hydrogens (tertiary/aromatic N) is 2. The van der Waals surface area contributed by atoms with Crippen molar-refractivity contribution < 1.29 is 18.0 Å². The highest BCUT2D eigenvalue weighted by Crippen LogP contribution is 2.31. The minimum absolute atomic E-state index is 0.0138. The third kappa shape index (κ3) is 7.80. The number of sulfonamides is 1. The van der Waals surface area contributed by atoms with Crippen LogP contribution in [-0.2, 0) is 32.6 Å². The smallest absolute Gasteiger partial charge is 0.264 e. The molecule has 0 radical (unpaired) electrons. The SMILES string of the molecule is CCNC(=O)[C@@H](Cc1ccccc1)N(Cc1ccccc1Cl)C(=O)CN(c1cccc(Cl)c1C)S(=O)(=O)c1ccc(C)cc1. The van der Waals surface area contributed by atoms with Gasteiger partial charge in [-0.05, 0) is 67.8 Å². The predicted octanol–water partition coefficient (Wildman–Crippen LogP) is 6.58. The highest BCUT2D eigenvalue weighted by atomic mass is 35.5. The van der Waals surface area contributed by atoms with Crippen molar-refractivity contribution in [2.24, 2.45) is 0 Å². The topological polar surface area (TPSA) is 86.8 Å². The Morgan fingerprint density at radius 1 is 0.818 bits per heavy atom. The van der Waals surface area contributed by atoms with E-state index in [9.17, 15) is 18.0 Å². The zero-order valence-corrected chi connectivity index (χ0v) is 27.2. The number of benzene rings is 4. The number of amides is 2. The van der Waals surface area contributed by atoms with Crippen molar-refractivity contribution in [2.45, 2.75) is 44.7 Å². The van der Waals surface area contributed by atoms with Crippen LogP contribution in [0.2, 0.25) is 10.0 Å². The lowest BCUT2D eigenvalue weighted by atomic mass is 10.0. The standard InChI is InChI=1S/C34H35Cl2N3O4S/c1-4-37-34(41)32(21-26-11-6-5-7-12-26)38(22-27-13-8-9-14-30(27)36)33(40)23-39(31-16-10-15-29(35)25(31)3)44(42,43)28-19-17-24(2)18-20-28/h5-20,32H,4,21-23H2,1-3H3,(H,37,41)/t32-/m1/s1. The number of nitrogens with one attached hydrogen (secondary N) is 1. The van der Waals surface area contributed by atoms with Gasteiger partial charge in [-0.1, -0.05) is 95.5 Å². The first-order valence-corrected chi connectivity index (χ1v) is 16.4. The van der Waals surface area contributed by atoms with Crippen molar-refractivity contribution in [1.29, 1.82) is 0 Å². The molecule has 7 nitrogen and oxygen atoms in total. The average Bonchev–Trinajstić information content (AvgIpc) is 3.01. The van der Waals surface area contributed by atoms with Crippen LogP contribution < -0.4 is 9.62 Å². The molecule has 0 spiro atoms. The molecule has 44 heavy (non-hydrogen) atoms. The van der Waals surface area contributed by atoms with Crippen LogP contribution in [-0.4, -0.2) is 44.3 Å². The highest BCUT2D eigenvalue weighted by Gasteiger charge is 2.35. The molecule has 0 aliphatic heterocycles. The van der Waals surface area contributed by atoms with E-state index in [0.29, 0.717) is 27.7 Å². The Labute approximate surface area is 269 Å². The van der Waals surface area contributed by atoms with Crippen LogP contribution in [0, 0.1) is 13.8 Å². The molecule has 2 amide bonds. The summed E-state index contributed by atoms with van der Waals surface area (Å²) in [5.41, 5.74) is 3.12. The lowest BCUT2D eigenvalue weighted by Crippen LogP contribution is -2.53. The fraction of sp³-hybridized carbons (Fsp3) is 0.235. The Morgan fingerprint density at radius 2 is 1.45 bits per heavy atom. The lowest BCUT2D eigenvalue weighted by molar-refractivity contribution is -0.140. The summed E-state index contributed by atoms with van der Waals surface area (Å²) in [7, 11) is -4.23. The Morgan fingerprint density at radius 3 is 2.11 bits per heavy atom. The molecule has 0 bridgehead atoms. The number of halogens is 2. The Balaban J connectivity index is 1.84. The van der Waals surface area contributed by atoms with Crippen molar-refractivity contribution >= 4 is 50.7 Å². The van der Waals surface area contributed by atoms with E-state index in [1.165, 1.54) is 17.0 Å². The molecule has 4 aromatic carbocycles. The normalized spacial score (nSPS) is 11.9. The zero-order valence-electron chi connectivity index (χ0n) is 24.8. The monoisotopic (exact) mass is 651 g/mol. The number of rotatable bonds is 12. The minimum Gasteiger partial charge on any atom is -0.355 e. The number of hydrogen-bond donors (Lipinski definition) is 1. The first-order chi connectivity index (χ1) is 21.0. The number of hydrogen-bond acceptors (Lipinski definition) is 4. The number of anilines is 1. The Kier molecular flexibility index (Phi) is 11.1. The summed E-state index contributed by atoms with van der Waals surface area (Å²) in [4.78, 5) is 29.5. The van der Waals surface area contributed by atoms with Crippen molar-refractivity contribution in [1.82, 2.24) is 10.2 Å². The molecule has 0 saturated heterocycles. The second kappa shape index (κ2) is 14.8. The molecule has 10 heteroatoms. The summed E-state index contributed by atoms with van der Waals surface area (Å²) in [5, 5.41) is 3.63. The van der Waals surface area contributed by atoms with Crippen molar-refractivity contribution in [3.63, 3.8) is 0 Å². The van der Waals surface area contributed by atoms with Gasteiger partial charge in [0.1, 0.15) is 12.6 Å². The van der Waals surface area contributed by atoms with Gasteiger partial charge in [-0.3, -0.25) is 13.9 Å². The summed E-state index contributed by atoms with van der Waals surface area (Å²) >= 11 is 13.0. The number of likely N-dealkylation sites (N-methyl/N-ethyl adjacent to an activating group) is 1. The number of carbonyl (C=O) groups is 2. The van der Waals surface area contributed by atoms with E-state index in [1.54, 1.807) is 68.4 Å². The summed E-state index contributed by atoms with van der Waals surface area (Å²) < 4.78 is 29.4. The van der Waals surface area contributed by atoms with Crippen LogP contribution in [0.15, 0.2) is 102 Å². The van der Waals surface area contributed by atoms with Crippen molar-refractivity contribution in [3.8, 4) is 0 Å². The van der Waals surface area contributed by atoms with Gasteiger partial charge in [-0.25, -0.2) is 8.42 Å². The second-order valence-corrected chi connectivity index (χ2v) is 13.1. The molecular formula is C34H35Cl2N3O4S. The van der Waals surface area contributed by atoms with Crippen LogP contribution in [0.25, 0.3) is 0 Å². The molecule has 230 valence electrons. The van der Waals surface area contributed by atoms with Gasteiger partial charge >= 0.3 is 0 Å². The van der Waals surface area contributed by atoms with E-state index in [0.717, 1.165) is 15.4 Å². The molecule has 1 N–H and O–H groups in total. The number of aryl methyl sites for hydroxylation is 1. The van der Waals surface area contributed by atoms with Gasteiger partial charge in [0.15, 0.2) is 0 Å². The number of carbonyl (C=O) groups excluding carboxylic acids is 2. The Hall–Kier alpha value is -3.85. The van der Waals surface area contributed by atoms with E-state index >= 15 is 0 Å². The van der Waals surface area contributed by atoms with Gasteiger partial charge in [-0.2, -0.15) is 0 Å². The van der Waals surface area contributed by atoms with Crippen LogP contribution in [0.4, 0.5) is 5.69 Å². The maximum atomic E-state index is 14.5. The van der Waals surface area contributed by atoms with Gasteiger partial charge < -0.3 is 10.2 Å². The van der Waals surface area contributed by atoms with Gasteiger partial charge in [-0.15, -0.1) is 0 Å². The molecular weight excluding hydrogens is 617 g/mol. The molecule has 4 aromatic rings. The maximum Gasteiger partial charge on any atom is 0.264 e. The van der Waals surface area contributed by atoms with E-state index in [1.807, 2.05) is 37.3 Å². The minimum atomic E-state index is -4.23. The fourth-order valence-corrected chi connectivity index (χ4v) is 6.71. The van der Waals surface area contributed by atoms with Gasteiger partial charge in [0.05, 0.1) is 10.6 Å². The highest BCUT2D eigenvalue weighted by molar-refractivity contribution is 7.92. The van der Waals surface area contributed by atoms with Gasteiger partial charge in [0.25, 0.3) is 10.0 Å². The molecule has 0 unspecified atom stereocenters. The summed E-state index contributed by atoms with van der Waals surface area (Å²) in [6, 6.07) is 26.8. The summed E-state index contributed by atoms with van der Waals surface area (Å²) in [6.45, 7) is 5.13. The van der Waals surface area contributed by atoms with Crippen LogP contribution in [0.3, 0.4) is 0 Å². The second-order valence-electron chi connectivity index (χ2n) is 10.4. The predicted molar refractivity (Wildman–Crippen MR) is 177 cm³/mol. The summed E-state index contributed by atoms with van der Waals surface area (Å²) in [5.74, 6) is -0.934. The molecule has 0 aromatic heterocycles. The van der Waals surface area contributed by atoms with Crippen molar-refractivity contribution in [2.75, 3.05) is 17.4 Å². The average molecular weight is 653 g/mol. The molecule has 0 heterocycles. The van der Waals surface area contributed by atoms with Crippen molar-refractivity contribution in [3.05, 3.63) is 129 Å². The molecule has 0 fully saturated rings. The molecule has 0 aliphatic rings. The lowest BCUT2D eigenvalue weighted by Gasteiger charge is -2.34.